The van der Waals surface area contributed by atoms with E-state index in [-0.39, 0.29) is 11.8 Å². The van der Waals surface area contributed by atoms with Crippen LogP contribution in [0.15, 0.2) is 54.9 Å². The summed E-state index contributed by atoms with van der Waals surface area (Å²) in [6.07, 6.45) is 2.35. The number of aryl methyl sites for hydroxylation is 1. The van der Waals surface area contributed by atoms with Gasteiger partial charge in [-0.1, -0.05) is 19.1 Å². The maximum absolute atomic E-state index is 11.1. The molecule has 0 unspecified atom stereocenters. The summed E-state index contributed by atoms with van der Waals surface area (Å²) >= 11 is 0. The molecule has 7 nitrogen and oxygen atoms in total. The Balaban J connectivity index is 1.75. The number of nitrogen functional groups attached to an aromatic ring is 1. The Labute approximate surface area is 157 Å². The van der Waals surface area contributed by atoms with E-state index in [1.54, 1.807) is 12.1 Å². The standard InChI is InChI=1S/C20H21N5O2/c1-3-14-4-10-17(11-5-14)27-20-18(21)19(22-12-23-20)25-16-8-6-15(7-9-16)24-13(2)26/h4-12H,3,21H2,1-2H3,(H,24,26)(H,22,23,25). The first-order valence-electron chi connectivity index (χ1n) is 8.57. The van der Waals surface area contributed by atoms with Gasteiger partial charge in [0, 0.05) is 18.3 Å². The molecular weight excluding hydrogens is 342 g/mol. The minimum atomic E-state index is -0.121. The molecule has 1 heterocycles. The fourth-order valence-corrected chi connectivity index (χ4v) is 2.44. The summed E-state index contributed by atoms with van der Waals surface area (Å²) < 4.78 is 5.79. The van der Waals surface area contributed by atoms with Gasteiger partial charge in [-0.05, 0) is 48.4 Å². The Morgan fingerprint density at radius 2 is 1.70 bits per heavy atom. The molecule has 3 aromatic rings. The normalized spacial score (nSPS) is 10.3. The zero-order chi connectivity index (χ0) is 19.2. The summed E-state index contributed by atoms with van der Waals surface area (Å²) in [7, 11) is 0. The highest BCUT2D eigenvalue weighted by atomic mass is 16.5. The molecule has 0 saturated carbocycles. The molecule has 4 N–H and O–H groups in total. The zero-order valence-electron chi connectivity index (χ0n) is 15.2. The van der Waals surface area contributed by atoms with Gasteiger partial charge in [0.25, 0.3) is 0 Å². The van der Waals surface area contributed by atoms with Crippen LogP contribution in [0.25, 0.3) is 0 Å². The first-order valence-corrected chi connectivity index (χ1v) is 8.57. The maximum Gasteiger partial charge on any atom is 0.248 e. The minimum absolute atomic E-state index is 0.121. The number of benzene rings is 2. The number of amides is 1. The summed E-state index contributed by atoms with van der Waals surface area (Å²) in [6, 6.07) is 15.0. The summed E-state index contributed by atoms with van der Waals surface area (Å²) in [6.45, 7) is 3.56. The van der Waals surface area contributed by atoms with Gasteiger partial charge in [-0.2, -0.15) is 4.98 Å². The number of aromatic nitrogens is 2. The van der Waals surface area contributed by atoms with E-state index in [1.165, 1.54) is 18.8 Å². The van der Waals surface area contributed by atoms with Crippen molar-refractivity contribution in [1.29, 1.82) is 0 Å². The topological polar surface area (TPSA) is 102 Å². The van der Waals surface area contributed by atoms with Gasteiger partial charge in [0.1, 0.15) is 17.8 Å². The molecule has 138 valence electrons. The molecule has 0 bridgehead atoms. The van der Waals surface area contributed by atoms with E-state index in [1.807, 2.05) is 36.4 Å². The van der Waals surface area contributed by atoms with Gasteiger partial charge in [-0.25, -0.2) is 4.98 Å². The molecule has 27 heavy (non-hydrogen) atoms. The monoisotopic (exact) mass is 363 g/mol. The summed E-state index contributed by atoms with van der Waals surface area (Å²) in [5.74, 6) is 1.26. The molecule has 0 aliphatic rings. The van der Waals surface area contributed by atoms with Crippen molar-refractivity contribution in [3.8, 4) is 11.6 Å². The quantitative estimate of drug-likeness (QED) is 0.609. The average Bonchev–Trinajstić information content (AvgIpc) is 2.67. The molecule has 0 radical (unpaired) electrons. The molecule has 3 rings (SSSR count). The number of carbonyl (C=O) groups excluding carboxylic acids is 1. The minimum Gasteiger partial charge on any atom is -0.437 e. The third-order valence-electron chi connectivity index (χ3n) is 3.86. The van der Waals surface area contributed by atoms with Gasteiger partial charge in [-0.15, -0.1) is 0 Å². The third-order valence-corrected chi connectivity index (χ3v) is 3.86. The van der Waals surface area contributed by atoms with Gasteiger partial charge in [0.05, 0.1) is 0 Å². The molecule has 0 atom stereocenters. The van der Waals surface area contributed by atoms with Crippen LogP contribution in [0.2, 0.25) is 0 Å². The van der Waals surface area contributed by atoms with Crippen LogP contribution >= 0.6 is 0 Å². The number of nitrogens with two attached hydrogens (primary N) is 1. The molecule has 0 aliphatic carbocycles. The van der Waals surface area contributed by atoms with Crippen molar-refractivity contribution in [2.75, 3.05) is 16.4 Å². The second-order valence-electron chi connectivity index (χ2n) is 5.92. The van der Waals surface area contributed by atoms with Crippen LogP contribution in [0.3, 0.4) is 0 Å². The Morgan fingerprint density at radius 3 is 2.33 bits per heavy atom. The molecule has 0 saturated heterocycles. The first kappa shape index (κ1) is 18.2. The lowest BCUT2D eigenvalue weighted by atomic mass is 10.2. The van der Waals surface area contributed by atoms with E-state index in [2.05, 4.69) is 27.5 Å². The maximum atomic E-state index is 11.1. The van der Waals surface area contributed by atoms with E-state index in [9.17, 15) is 4.79 Å². The highest BCUT2D eigenvalue weighted by Gasteiger charge is 2.11. The van der Waals surface area contributed by atoms with Crippen LogP contribution in [0.1, 0.15) is 19.4 Å². The first-order chi connectivity index (χ1) is 13.0. The van der Waals surface area contributed by atoms with Gasteiger partial charge < -0.3 is 21.1 Å². The number of carbonyl (C=O) groups is 1. The number of hydrogen-bond donors (Lipinski definition) is 3. The van der Waals surface area contributed by atoms with Gasteiger partial charge in [0.2, 0.25) is 11.8 Å². The van der Waals surface area contributed by atoms with E-state index in [0.29, 0.717) is 22.9 Å². The van der Waals surface area contributed by atoms with E-state index in [4.69, 9.17) is 10.5 Å². The molecule has 0 fully saturated rings. The van der Waals surface area contributed by atoms with Crippen molar-refractivity contribution < 1.29 is 9.53 Å². The largest absolute Gasteiger partial charge is 0.437 e. The van der Waals surface area contributed by atoms with Crippen molar-refractivity contribution in [2.24, 2.45) is 0 Å². The second-order valence-corrected chi connectivity index (χ2v) is 5.92. The number of nitrogens with zero attached hydrogens (tertiary/aromatic N) is 2. The summed E-state index contributed by atoms with van der Waals surface area (Å²) in [4.78, 5) is 19.4. The highest BCUT2D eigenvalue weighted by molar-refractivity contribution is 5.89. The molecule has 2 aromatic carbocycles. The van der Waals surface area contributed by atoms with Crippen LogP contribution in [0.4, 0.5) is 22.9 Å². The fourth-order valence-electron chi connectivity index (χ4n) is 2.44. The van der Waals surface area contributed by atoms with Crippen LogP contribution in [-0.4, -0.2) is 15.9 Å². The van der Waals surface area contributed by atoms with Crippen molar-refractivity contribution in [3.63, 3.8) is 0 Å². The van der Waals surface area contributed by atoms with E-state index >= 15 is 0 Å². The van der Waals surface area contributed by atoms with Crippen LogP contribution in [0, 0.1) is 0 Å². The lowest BCUT2D eigenvalue weighted by Gasteiger charge is -2.12. The SMILES string of the molecule is CCc1ccc(Oc2ncnc(Nc3ccc(NC(C)=O)cc3)c2N)cc1. The van der Waals surface area contributed by atoms with Crippen molar-refractivity contribution >= 4 is 28.8 Å². The van der Waals surface area contributed by atoms with Gasteiger partial charge in [-0.3, -0.25) is 4.79 Å². The smallest absolute Gasteiger partial charge is 0.248 e. The number of anilines is 4. The lowest BCUT2D eigenvalue weighted by Crippen LogP contribution is -2.06. The molecule has 7 heteroatoms. The molecule has 0 aliphatic heterocycles. The Bertz CT molecular complexity index is 924. The summed E-state index contributed by atoms with van der Waals surface area (Å²) in [5.41, 5.74) is 9.18. The Morgan fingerprint density at radius 1 is 1.04 bits per heavy atom. The number of ether oxygens (including phenoxy) is 1. The Hall–Kier alpha value is -3.61. The van der Waals surface area contributed by atoms with Gasteiger partial charge in [0.15, 0.2) is 5.82 Å². The zero-order valence-corrected chi connectivity index (χ0v) is 15.2. The molecule has 0 spiro atoms. The van der Waals surface area contributed by atoms with Crippen molar-refractivity contribution in [1.82, 2.24) is 9.97 Å². The molecular formula is C20H21N5O2. The van der Waals surface area contributed by atoms with Crippen molar-refractivity contribution in [2.45, 2.75) is 20.3 Å². The number of rotatable bonds is 6. The second kappa shape index (κ2) is 8.18. The van der Waals surface area contributed by atoms with Crippen LogP contribution in [-0.2, 0) is 11.2 Å². The third kappa shape index (κ3) is 4.72. The highest BCUT2D eigenvalue weighted by Crippen LogP contribution is 2.31. The van der Waals surface area contributed by atoms with Gasteiger partial charge >= 0.3 is 0 Å². The number of hydrogen-bond acceptors (Lipinski definition) is 6. The molecule has 1 aromatic heterocycles. The predicted molar refractivity (Wildman–Crippen MR) is 106 cm³/mol. The van der Waals surface area contributed by atoms with Crippen LogP contribution < -0.4 is 21.1 Å². The lowest BCUT2D eigenvalue weighted by molar-refractivity contribution is -0.114. The summed E-state index contributed by atoms with van der Waals surface area (Å²) in [5, 5.41) is 5.84. The van der Waals surface area contributed by atoms with Crippen molar-refractivity contribution in [3.05, 3.63) is 60.4 Å². The van der Waals surface area contributed by atoms with E-state index in [0.717, 1.165) is 12.1 Å². The molecule has 1 amide bonds. The predicted octanol–water partition coefficient (Wildman–Crippen LogP) is 4.12. The van der Waals surface area contributed by atoms with Crippen LogP contribution in [0.5, 0.6) is 11.6 Å². The average molecular weight is 363 g/mol. The Kier molecular flexibility index (Phi) is 5.51. The van der Waals surface area contributed by atoms with E-state index < -0.39 is 0 Å². The number of nitrogens with one attached hydrogen (secondary N) is 2. The fraction of sp³-hybridized carbons (Fsp3) is 0.150.